The molecule has 0 unspecified atom stereocenters. The molecule has 1 aromatic heterocycles. The van der Waals surface area contributed by atoms with Crippen molar-refractivity contribution in [1.29, 1.82) is 0 Å². The van der Waals surface area contributed by atoms with Crippen LogP contribution in [0.5, 0.6) is 0 Å². The third-order valence-electron chi connectivity index (χ3n) is 2.98. The van der Waals surface area contributed by atoms with E-state index < -0.39 is 0 Å². The summed E-state index contributed by atoms with van der Waals surface area (Å²) in [5.74, 6) is 2.16. The highest BCUT2D eigenvalue weighted by molar-refractivity contribution is 6.30. The van der Waals surface area contributed by atoms with Gasteiger partial charge < -0.3 is 10.6 Å². The number of rotatable bonds is 5. The van der Waals surface area contributed by atoms with Crippen molar-refractivity contribution in [1.82, 2.24) is 9.97 Å². The van der Waals surface area contributed by atoms with E-state index in [0.29, 0.717) is 5.82 Å². The van der Waals surface area contributed by atoms with Gasteiger partial charge in [-0.05, 0) is 24.1 Å². The molecule has 4 nitrogen and oxygen atoms in total. The lowest BCUT2D eigenvalue weighted by atomic mass is 10.2. The van der Waals surface area contributed by atoms with E-state index in [0.717, 1.165) is 36.1 Å². The fraction of sp³-hybridized carbons (Fsp3) is 0.333. The molecule has 5 heteroatoms. The maximum Gasteiger partial charge on any atom is 0.134 e. The Hall–Kier alpha value is -1.81. The van der Waals surface area contributed by atoms with E-state index in [2.05, 4.69) is 21.8 Å². The summed E-state index contributed by atoms with van der Waals surface area (Å²) in [4.78, 5) is 10.8. The maximum absolute atomic E-state index is 5.89. The van der Waals surface area contributed by atoms with Gasteiger partial charge in [0, 0.05) is 31.1 Å². The molecule has 106 valence electrons. The number of aryl methyl sites for hydroxylation is 1. The molecule has 0 atom stereocenters. The predicted octanol–water partition coefficient (Wildman–Crippen LogP) is 3.30. The van der Waals surface area contributed by atoms with E-state index in [-0.39, 0.29) is 0 Å². The van der Waals surface area contributed by atoms with Crippen molar-refractivity contribution < 1.29 is 0 Å². The largest absolute Gasteiger partial charge is 0.384 e. The van der Waals surface area contributed by atoms with E-state index in [9.17, 15) is 0 Å². The fourth-order valence-corrected chi connectivity index (χ4v) is 2.10. The molecule has 0 aliphatic heterocycles. The minimum atomic E-state index is 0.515. The standard InChI is InChI=1S/C15H19ClN4/c1-3-4-14-18-13(17)9-15(19-14)20(2)10-11-5-7-12(16)8-6-11/h5-9H,3-4,10H2,1-2H3,(H2,17,18,19). The summed E-state index contributed by atoms with van der Waals surface area (Å²) in [6.07, 6.45) is 1.84. The molecule has 0 saturated carbocycles. The van der Waals surface area contributed by atoms with E-state index in [1.807, 2.05) is 31.3 Å². The van der Waals surface area contributed by atoms with Crippen molar-refractivity contribution in [3.8, 4) is 0 Å². The average Bonchev–Trinajstić information content (AvgIpc) is 2.41. The SMILES string of the molecule is CCCc1nc(N)cc(N(C)Cc2ccc(Cl)cc2)n1. The van der Waals surface area contributed by atoms with Crippen LogP contribution in [0.2, 0.25) is 5.02 Å². The highest BCUT2D eigenvalue weighted by atomic mass is 35.5. The zero-order valence-electron chi connectivity index (χ0n) is 11.8. The highest BCUT2D eigenvalue weighted by Crippen LogP contribution is 2.17. The summed E-state index contributed by atoms with van der Waals surface area (Å²) in [5, 5.41) is 0.743. The maximum atomic E-state index is 5.89. The first-order valence-electron chi connectivity index (χ1n) is 6.67. The second-order valence-corrected chi connectivity index (χ2v) is 5.24. The Morgan fingerprint density at radius 2 is 1.90 bits per heavy atom. The zero-order valence-corrected chi connectivity index (χ0v) is 12.6. The number of nitrogens with zero attached hydrogens (tertiary/aromatic N) is 3. The summed E-state index contributed by atoms with van der Waals surface area (Å²) >= 11 is 5.89. The Balaban J connectivity index is 2.15. The Morgan fingerprint density at radius 3 is 2.55 bits per heavy atom. The van der Waals surface area contributed by atoms with Crippen LogP contribution < -0.4 is 10.6 Å². The molecule has 0 spiro atoms. The number of nitrogen functional groups attached to an aromatic ring is 1. The van der Waals surface area contributed by atoms with Gasteiger partial charge in [-0.1, -0.05) is 30.7 Å². The van der Waals surface area contributed by atoms with Crippen LogP contribution in [0.4, 0.5) is 11.6 Å². The lowest BCUT2D eigenvalue weighted by molar-refractivity contribution is 0.815. The molecule has 2 aromatic rings. The van der Waals surface area contributed by atoms with Gasteiger partial charge in [-0.2, -0.15) is 0 Å². The van der Waals surface area contributed by atoms with Crippen LogP contribution in [0, 0.1) is 0 Å². The van der Waals surface area contributed by atoms with Gasteiger partial charge in [-0.15, -0.1) is 0 Å². The van der Waals surface area contributed by atoms with Crippen LogP contribution in [0.15, 0.2) is 30.3 Å². The van der Waals surface area contributed by atoms with Crippen LogP contribution in [0.3, 0.4) is 0 Å². The molecule has 1 aromatic carbocycles. The van der Waals surface area contributed by atoms with Crippen molar-refractivity contribution in [3.05, 3.63) is 46.7 Å². The molecule has 0 fully saturated rings. The monoisotopic (exact) mass is 290 g/mol. The number of hydrogen-bond acceptors (Lipinski definition) is 4. The number of nitrogens with two attached hydrogens (primary N) is 1. The van der Waals surface area contributed by atoms with Gasteiger partial charge in [0.2, 0.25) is 0 Å². The summed E-state index contributed by atoms with van der Waals surface area (Å²) in [6, 6.07) is 9.60. The molecule has 0 radical (unpaired) electrons. The van der Waals surface area contributed by atoms with Gasteiger partial charge in [0.1, 0.15) is 17.5 Å². The summed E-state index contributed by atoms with van der Waals surface area (Å²) in [7, 11) is 1.99. The minimum Gasteiger partial charge on any atom is -0.384 e. The van der Waals surface area contributed by atoms with Crippen molar-refractivity contribution in [2.24, 2.45) is 0 Å². The minimum absolute atomic E-state index is 0.515. The van der Waals surface area contributed by atoms with Crippen molar-refractivity contribution >= 4 is 23.2 Å². The lowest BCUT2D eigenvalue weighted by Gasteiger charge is -2.19. The smallest absolute Gasteiger partial charge is 0.134 e. The van der Waals surface area contributed by atoms with Crippen molar-refractivity contribution in [3.63, 3.8) is 0 Å². The third kappa shape index (κ3) is 3.84. The summed E-state index contributed by atoms with van der Waals surface area (Å²) in [5.41, 5.74) is 7.02. The third-order valence-corrected chi connectivity index (χ3v) is 3.23. The quantitative estimate of drug-likeness (QED) is 0.918. The van der Waals surface area contributed by atoms with Gasteiger partial charge in [0.15, 0.2) is 0 Å². The molecule has 0 amide bonds. The Bertz CT molecular complexity index is 569. The van der Waals surface area contributed by atoms with Gasteiger partial charge in [0.05, 0.1) is 0 Å². The molecular weight excluding hydrogens is 272 g/mol. The van der Waals surface area contributed by atoms with Crippen LogP contribution in [0.1, 0.15) is 24.7 Å². The van der Waals surface area contributed by atoms with Gasteiger partial charge in [-0.25, -0.2) is 9.97 Å². The topological polar surface area (TPSA) is 55.0 Å². The first-order valence-corrected chi connectivity index (χ1v) is 7.05. The van der Waals surface area contributed by atoms with Gasteiger partial charge in [0.25, 0.3) is 0 Å². The van der Waals surface area contributed by atoms with E-state index >= 15 is 0 Å². The molecule has 0 saturated heterocycles. The lowest BCUT2D eigenvalue weighted by Crippen LogP contribution is -2.19. The molecule has 0 bridgehead atoms. The molecule has 1 heterocycles. The number of aromatic nitrogens is 2. The van der Waals surface area contributed by atoms with Gasteiger partial charge in [-0.3, -0.25) is 0 Å². The van der Waals surface area contributed by atoms with E-state index in [1.165, 1.54) is 5.56 Å². The predicted molar refractivity (Wildman–Crippen MR) is 84.0 cm³/mol. The zero-order chi connectivity index (χ0) is 14.5. The van der Waals surface area contributed by atoms with E-state index in [1.54, 1.807) is 6.07 Å². The Morgan fingerprint density at radius 1 is 1.20 bits per heavy atom. The normalized spacial score (nSPS) is 10.6. The number of halogens is 1. The van der Waals surface area contributed by atoms with Crippen LogP contribution in [-0.4, -0.2) is 17.0 Å². The summed E-state index contributed by atoms with van der Waals surface area (Å²) in [6.45, 7) is 2.85. The number of hydrogen-bond donors (Lipinski definition) is 1. The van der Waals surface area contributed by atoms with E-state index in [4.69, 9.17) is 17.3 Å². The van der Waals surface area contributed by atoms with Crippen LogP contribution in [-0.2, 0) is 13.0 Å². The second-order valence-electron chi connectivity index (χ2n) is 4.80. The Kier molecular flexibility index (Phi) is 4.79. The van der Waals surface area contributed by atoms with Crippen LogP contribution >= 0.6 is 11.6 Å². The molecule has 20 heavy (non-hydrogen) atoms. The molecule has 2 rings (SSSR count). The molecule has 0 aliphatic carbocycles. The van der Waals surface area contributed by atoms with Gasteiger partial charge >= 0.3 is 0 Å². The van der Waals surface area contributed by atoms with Crippen molar-refractivity contribution in [2.45, 2.75) is 26.3 Å². The number of benzene rings is 1. The first-order chi connectivity index (χ1) is 9.58. The van der Waals surface area contributed by atoms with Crippen LogP contribution in [0.25, 0.3) is 0 Å². The molecular formula is C15H19ClN4. The summed E-state index contributed by atoms with van der Waals surface area (Å²) < 4.78 is 0. The Labute approximate surface area is 124 Å². The van der Waals surface area contributed by atoms with Crippen molar-refractivity contribution in [2.75, 3.05) is 17.7 Å². The molecule has 0 aliphatic rings. The first kappa shape index (κ1) is 14.6. The fourth-order valence-electron chi connectivity index (χ4n) is 1.98. The second kappa shape index (κ2) is 6.57. The number of anilines is 2. The highest BCUT2D eigenvalue weighted by Gasteiger charge is 2.07. The average molecular weight is 291 g/mol. The molecule has 2 N–H and O–H groups in total.